The predicted molar refractivity (Wildman–Crippen MR) is 153 cm³/mol. The third-order valence-corrected chi connectivity index (χ3v) is 8.35. The lowest BCUT2D eigenvalue weighted by Gasteiger charge is -2.26. The van der Waals surface area contributed by atoms with Gasteiger partial charge < -0.3 is 10.1 Å². The maximum absolute atomic E-state index is 11.8. The van der Waals surface area contributed by atoms with Crippen LogP contribution >= 0.6 is 11.8 Å². The first kappa shape index (κ1) is 28.6. The van der Waals surface area contributed by atoms with Crippen molar-refractivity contribution in [3.05, 3.63) is 59.2 Å². The van der Waals surface area contributed by atoms with Crippen molar-refractivity contribution in [2.75, 3.05) is 6.54 Å². The van der Waals surface area contributed by atoms with Gasteiger partial charge in [0, 0.05) is 16.3 Å². The third-order valence-electron chi connectivity index (χ3n) is 7.14. The van der Waals surface area contributed by atoms with Gasteiger partial charge >= 0.3 is 6.09 Å². The van der Waals surface area contributed by atoms with Crippen LogP contribution in [0.15, 0.2) is 52.3 Å². The normalized spacial score (nSPS) is 16.3. The first-order chi connectivity index (χ1) is 17.2. The first-order valence-electron chi connectivity index (χ1n) is 14.1. The van der Waals surface area contributed by atoms with Gasteiger partial charge in [0.2, 0.25) is 0 Å². The molecule has 2 aromatic carbocycles. The van der Waals surface area contributed by atoms with Gasteiger partial charge in [0.1, 0.15) is 5.60 Å². The summed E-state index contributed by atoms with van der Waals surface area (Å²) in [5.41, 5.74) is 4.01. The number of fused-ring (bicyclic) bond motifs is 2. The van der Waals surface area contributed by atoms with Gasteiger partial charge in [0.15, 0.2) is 0 Å². The molecule has 0 aliphatic carbocycles. The highest BCUT2D eigenvalue weighted by Gasteiger charge is 2.22. The smallest absolute Gasteiger partial charge is 0.407 e. The fraction of sp³-hybridized carbons (Fsp3) is 0.594. The quantitative estimate of drug-likeness (QED) is 0.307. The van der Waals surface area contributed by atoms with E-state index in [9.17, 15) is 4.79 Å². The van der Waals surface area contributed by atoms with Crippen LogP contribution < -0.4 is 5.32 Å². The van der Waals surface area contributed by atoms with Crippen LogP contribution in [-0.4, -0.2) is 18.2 Å². The number of hydrogen-bond acceptors (Lipinski definition) is 3. The molecule has 198 valence electrons. The van der Waals surface area contributed by atoms with Crippen LogP contribution in [0.25, 0.3) is 0 Å². The van der Waals surface area contributed by atoms with E-state index in [4.69, 9.17) is 4.74 Å². The lowest BCUT2D eigenvalue weighted by atomic mass is 9.83. The highest BCUT2D eigenvalue weighted by Crippen LogP contribution is 2.43. The highest BCUT2D eigenvalue weighted by atomic mass is 32.2. The van der Waals surface area contributed by atoms with E-state index in [1.165, 1.54) is 72.3 Å². The predicted octanol–water partition coefficient (Wildman–Crippen LogP) is 9.46. The summed E-state index contributed by atoms with van der Waals surface area (Å²) in [5.74, 6) is 1.44. The lowest BCUT2D eigenvalue weighted by Crippen LogP contribution is -2.32. The number of benzene rings is 2. The Morgan fingerprint density at radius 2 is 1.86 bits per heavy atom. The van der Waals surface area contributed by atoms with Crippen molar-refractivity contribution in [2.45, 2.75) is 120 Å². The number of carbonyl (C=O) groups is 1. The molecule has 1 heterocycles. The maximum Gasteiger partial charge on any atom is 0.407 e. The van der Waals surface area contributed by atoms with Crippen molar-refractivity contribution >= 4 is 17.9 Å². The Bertz CT molecular complexity index is 965. The molecular formula is C32H47NO2S. The molecule has 2 aromatic rings. The number of nitrogens with one attached hydrogen (secondary N) is 1. The van der Waals surface area contributed by atoms with Crippen LogP contribution in [0.4, 0.5) is 4.79 Å². The van der Waals surface area contributed by atoms with Gasteiger partial charge in [-0.1, -0.05) is 86.7 Å². The number of rotatable bonds is 11. The summed E-state index contributed by atoms with van der Waals surface area (Å²) >= 11 is 1.96. The minimum atomic E-state index is -0.435. The van der Waals surface area contributed by atoms with Crippen molar-refractivity contribution in [1.82, 2.24) is 5.32 Å². The number of amides is 1. The summed E-state index contributed by atoms with van der Waals surface area (Å²) in [7, 11) is 0. The number of hydrogen-bond donors (Lipinski definition) is 1. The molecule has 3 nitrogen and oxygen atoms in total. The maximum atomic E-state index is 11.8. The summed E-state index contributed by atoms with van der Waals surface area (Å²) in [6.07, 6.45) is 12.0. The minimum absolute atomic E-state index is 0.304. The molecule has 0 fully saturated rings. The molecule has 0 spiro atoms. The van der Waals surface area contributed by atoms with Gasteiger partial charge in [-0.2, -0.15) is 0 Å². The van der Waals surface area contributed by atoms with E-state index in [0.717, 1.165) is 18.8 Å². The second-order valence-electron chi connectivity index (χ2n) is 11.5. The monoisotopic (exact) mass is 509 g/mol. The zero-order valence-corrected chi connectivity index (χ0v) is 24.0. The Morgan fingerprint density at radius 1 is 1.06 bits per heavy atom. The molecule has 4 heteroatoms. The largest absolute Gasteiger partial charge is 0.444 e. The zero-order valence-electron chi connectivity index (χ0n) is 23.2. The number of aryl methyl sites for hydroxylation is 2. The Labute approximate surface area is 224 Å². The summed E-state index contributed by atoms with van der Waals surface area (Å²) in [6, 6.07) is 16.0. The molecule has 3 rings (SSSR count). The van der Waals surface area contributed by atoms with Gasteiger partial charge in [-0.15, -0.1) is 0 Å². The summed E-state index contributed by atoms with van der Waals surface area (Å²) < 4.78 is 5.32. The summed E-state index contributed by atoms with van der Waals surface area (Å²) in [5, 5.41) is 2.89. The topological polar surface area (TPSA) is 38.3 Å². The lowest BCUT2D eigenvalue weighted by molar-refractivity contribution is 0.0527. The van der Waals surface area contributed by atoms with Gasteiger partial charge in [0.25, 0.3) is 0 Å². The molecule has 0 saturated carbocycles. The van der Waals surface area contributed by atoms with E-state index in [2.05, 4.69) is 61.6 Å². The van der Waals surface area contributed by atoms with E-state index < -0.39 is 5.60 Å². The fourth-order valence-electron chi connectivity index (χ4n) is 5.31. The number of carbonyl (C=O) groups excluding carboxylic acids is 1. The highest BCUT2D eigenvalue weighted by molar-refractivity contribution is 7.99. The Kier molecular flexibility index (Phi) is 11.2. The van der Waals surface area contributed by atoms with E-state index in [-0.39, 0.29) is 6.09 Å². The van der Waals surface area contributed by atoms with Gasteiger partial charge in [-0.3, -0.25) is 0 Å². The molecule has 1 aliphatic heterocycles. The zero-order chi connectivity index (χ0) is 26.0. The Morgan fingerprint density at radius 3 is 2.64 bits per heavy atom. The molecule has 2 unspecified atom stereocenters. The third kappa shape index (κ3) is 9.50. The van der Waals surface area contributed by atoms with Crippen LogP contribution in [0.2, 0.25) is 0 Å². The van der Waals surface area contributed by atoms with Crippen molar-refractivity contribution < 1.29 is 9.53 Å². The molecule has 0 saturated heterocycles. The molecule has 1 aliphatic rings. The van der Waals surface area contributed by atoms with Crippen LogP contribution in [0, 0.1) is 12.8 Å². The average Bonchev–Trinajstić information content (AvgIpc) is 2.81. The molecule has 0 bridgehead atoms. The second-order valence-corrected chi connectivity index (χ2v) is 12.6. The van der Waals surface area contributed by atoms with Crippen molar-refractivity contribution in [3.8, 4) is 0 Å². The van der Waals surface area contributed by atoms with E-state index in [0.29, 0.717) is 12.5 Å². The van der Waals surface area contributed by atoms with E-state index in [1.54, 1.807) is 5.56 Å². The second kappa shape index (κ2) is 14.1. The first-order valence-corrected chi connectivity index (χ1v) is 14.9. The molecule has 1 N–H and O–H groups in total. The van der Waals surface area contributed by atoms with E-state index >= 15 is 0 Å². The Balaban J connectivity index is 1.50. The van der Waals surface area contributed by atoms with Crippen molar-refractivity contribution in [2.24, 2.45) is 5.92 Å². The van der Waals surface area contributed by atoms with Crippen LogP contribution in [-0.2, 0) is 11.2 Å². The number of unbranched alkanes of at least 4 members (excludes halogenated alkanes) is 2. The SMILES string of the molecule is CCCC(CCCCCNC(=O)OC(C)(C)C)CCC1CCc2ccccc2Sc2ccc(C)cc21. The fourth-order valence-corrected chi connectivity index (χ4v) is 6.48. The molecule has 1 amide bonds. The standard InChI is InChI=1S/C32H47NO2S/c1-6-12-25(13-8-7-11-22-33-31(34)35-32(3,4)5)17-18-26-19-20-27-14-9-10-15-29(27)36-30-21-16-24(2)23-28(26)30/h9-10,14-16,21,23,25-26H,6-8,11-13,17-20,22H2,1-5H3,(H,33,34). The molecule has 36 heavy (non-hydrogen) atoms. The van der Waals surface area contributed by atoms with Gasteiger partial charge in [-0.25, -0.2) is 4.79 Å². The van der Waals surface area contributed by atoms with Crippen LogP contribution in [0.5, 0.6) is 0 Å². The van der Waals surface area contributed by atoms with Crippen molar-refractivity contribution in [1.29, 1.82) is 0 Å². The Hall–Kier alpha value is -1.94. The molecule has 0 aromatic heterocycles. The summed E-state index contributed by atoms with van der Waals surface area (Å²) in [4.78, 5) is 14.7. The van der Waals surface area contributed by atoms with Crippen LogP contribution in [0.3, 0.4) is 0 Å². The van der Waals surface area contributed by atoms with Gasteiger partial charge in [0.05, 0.1) is 0 Å². The molecule has 0 radical (unpaired) electrons. The van der Waals surface area contributed by atoms with Crippen LogP contribution in [0.1, 0.15) is 108 Å². The molecular weight excluding hydrogens is 462 g/mol. The number of alkyl carbamates (subject to hydrolysis) is 1. The van der Waals surface area contributed by atoms with E-state index in [1.807, 2.05) is 32.5 Å². The van der Waals surface area contributed by atoms with Gasteiger partial charge in [-0.05, 0) is 94.9 Å². The molecule has 2 atom stereocenters. The average molecular weight is 510 g/mol. The summed E-state index contributed by atoms with van der Waals surface area (Å²) in [6.45, 7) is 10.9. The number of ether oxygens (including phenoxy) is 1. The van der Waals surface area contributed by atoms with Crippen molar-refractivity contribution in [3.63, 3.8) is 0 Å². The minimum Gasteiger partial charge on any atom is -0.444 e.